The van der Waals surface area contributed by atoms with Gasteiger partial charge < -0.3 is 10.5 Å². The molecule has 3 rings (SSSR count). The Morgan fingerprint density at radius 2 is 2.00 bits per heavy atom. The summed E-state index contributed by atoms with van der Waals surface area (Å²) in [6.45, 7) is 3.76. The maximum Gasteiger partial charge on any atom is 0.340 e. The minimum atomic E-state index is -0.539. The minimum Gasteiger partial charge on any atom is -0.462 e. The zero-order valence-electron chi connectivity index (χ0n) is 13.4. The van der Waals surface area contributed by atoms with E-state index < -0.39 is 5.97 Å². The summed E-state index contributed by atoms with van der Waals surface area (Å²) in [7, 11) is 0. The molecule has 24 heavy (non-hydrogen) atoms. The molecule has 0 radical (unpaired) electrons. The van der Waals surface area contributed by atoms with Gasteiger partial charge in [-0.1, -0.05) is 18.2 Å². The summed E-state index contributed by atoms with van der Waals surface area (Å²) < 4.78 is 6.29. The SMILES string of the molecule is CCOC(=O)c1cc(C)c2cnn(-c3ccccc3)c(=O)c2c1N. The molecule has 0 bridgehead atoms. The quantitative estimate of drug-likeness (QED) is 0.591. The molecule has 0 amide bonds. The van der Waals surface area contributed by atoms with E-state index in [0.717, 1.165) is 5.56 Å². The number of nitrogens with two attached hydrogens (primary N) is 1. The highest BCUT2D eigenvalue weighted by Crippen LogP contribution is 2.26. The number of aromatic nitrogens is 2. The van der Waals surface area contributed by atoms with Crippen molar-refractivity contribution < 1.29 is 9.53 Å². The number of ether oxygens (including phenoxy) is 1. The number of anilines is 1. The van der Waals surface area contributed by atoms with Crippen LogP contribution in [0.15, 0.2) is 47.4 Å². The van der Waals surface area contributed by atoms with E-state index in [1.165, 1.54) is 4.68 Å². The first-order valence-electron chi connectivity index (χ1n) is 7.58. The Bertz CT molecular complexity index is 978. The molecule has 0 unspecified atom stereocenters. The Balaban J connectivity index is 2.32. The van der Waals surface area contributed by atoms with E-state index in [-0.39, 0.29) is 28.8 Å². The molecule has 0 saturated carbocycles. The summed E-state index contributed by atoms with van der Waals surface area (Å²) in [5, 5.41) is 5.12. The van der Waals surface area contributed by atoms with Crippen LogP contribution in [-0.2, 0) is 4.74 Å². The second-order valence-corrected chi connectivity index (χ2v) is 5.36. The molecule has 2 aromatic carbocycles. The van der Waals surface area contributed by atoms with Crippen LogP contribution in [0, 0.1) is 6.92 Å². The van der Waals surface area contributed by atoms with E-state index in [0.29, 0.717) is 11.1 Å². The number of hydrogen-bond donors (Lipinski definition) is 1. The van der Waals surface area contributed by atoms with Crippen molar-refractivity contribution in [3.63, 3.8) is 0 Å². The number of rotatable bonds is 3. The number of para-hydroxylation sites is 1. The molecule has 0 spiro atoms. The van der Waals surface area contributed by atoms with Crippen LogP contribution in [0.5, 0.6) is 0 Å². The van der Waals surface area contributed by atoms with Gasteiger partial charge in [-0.05, 0) is 37.6 Å². The number of aryl methyl sites for hydroxylation is 1. The standard InChI is InChI=1S/C18H17N3O3/c1-3-24-18(23)13-9-11(2)14-10-20-21(12-7-5-4-6-8-12)17(22)15(14)16(13)19/h4-10H,3,19H2,1-2H3. The van der Waals surface area contributed by atoms with Crippen molar-refractivity contribution in [2.75, 3.05) is 12.3 Å². The van der Waals surface area contributed by atoms with Crippen LogP contribution < -0.4 is 11.3 Å². The third-order valence-electron chi connectivity index (χ3n) is 3.82. The van der Waals surface area contributed by atoms with Crippen LogP contribution in [0.3, 0.4) is 0 Å². The summed E-state index contributed by atoms with van der Waals surface area (Å²) in [5.74, 6) is -0.539. The Hall–Kier alpha value is -3.15. The number of nitrogen functional groups attached to an aromatic ring is 1. The van der Waals surface area contributed by atoms with Crippen LogP contribution >= 0.6 is 0 Å². The van der Waals surface area contributed by atoms with E-state index >= 15 is 0 Å². The molecule has 0 saturated heterocycles. The zero-order chi connectivity index (χ0) is 17.3. The van der Waals surface area contributed by atoms with Gasteiger partial charge in [0.1, 0.15) is 0 Å². The largest absolute Gasteiger partial charge is 0.462 e. The molecule has 0 aliphatic rings. The maximum absolute atomic E-state index is 12.9. The number of benzene rings is 2. The monoisotopic (exact) mass is 323 g/mol. The fourth-order valence-electron chi connectivity index (χ4n) is 2.65. The van der Waals surface area contributed by atoms with Crippen LogP contribution in [0.2, 0.25) is 0 Å². The first kappa shape index (κ1) is 15.7. The Kier molecular flexibility index (Phi) is 4.04. The molecule has 122 valence electrons. The Morgan fingerprint density at radius 3 is 2.67 bits per heavy atom. The molecular weight excluding hydrogens is 306 g/mol. The summed E-state index contributed by atoms with van der Waals surface area (Å²) >= 11 is 0. The van der Waals surface area contributed by atoms with E-state index in [4.69, 9.17) is 10.5 Å². The van der Waals surface area contributed by atoms with Gasteiger partial charge in [0.2, 0.25) is 0 Å². The number of nitrogens with zero attached hydrogens (tertiary/aromatic N) is 2. The van der Waals surface area contributed by atoms with Gasteiger partial charge >= 0.3 is 5.97 Å². The van der Waals surface area contributed by atoms with E-state index in [9.17, 15) is 9.59 Å². The highest BCUT2D eigenvalue weighted by Gasteiger charge is 2.19. The lowest BCUT2D eigenvalue weighted by Crippen LogP contribution is -2.23. The number of hydrogen-bond acceptors (Lipinski definition) is 5. The molecule has 0 atom stereocenters. The Labute approximate surface area is 138 Å². The molecule has 6 heteroatoms. The highest BCUT2D eigenvalue weighted by atomic mass is 16.5. The predicted molar refractivity (Wildman–Crippen MR) is 92.4 cm³/mol. The van der Waals surface area contributed by atoms with Crippen molar-refractivity contribution in [1.29, 1.82) is 0 Å². The number of esters is 1. The molecular formula is C18H17N3O3. The molecule has 0 fully saturated rings. The fourth-order valence-corrected chi connectivity index (χ4v) is 2.65. The molecule has 0 aliphatic carbocycles. The normalized spacial score (nSPS) is 10.8. The van der Waals surface area contributed by atoms with Crippen LogP contribution in [-0.4, -0.2) is 22.4 Å². The van der Waals surface area contributed by atoms with Crippen LogP contribution in [0.1, 0.15) is 22.8 Å². The van der Waals surface area contributed by atoms with Crippen molar-refractivity contribution in [3.8, 4) is 5.69 Å². The second-order valence-electron chi connectivity index (χ2n) is 5.36. The van der Waals surface area contributed by atoms with Crippen molar-refractivity contribution >= 4 is 22.4 Å². The van der Waals surface area contributed by atoms with Crippen LogP contribution in [0.25, 0.3) is 16.5 Å². The molecule has 1 aromatic heterocycles. The van der Waals surface area contributed by atoms with Gasteiger partial charge in [-0.2, -0.15) is 9.78 Å². The number of carbonyl (C=O) groups excluding carboxylic acids is 1. The van der Waals surface area contributed by atoms with Gasteiger partial charge in [0.15, 0.2) is 0 Å². The van der Waals surface area contributed by atoms with Gasteiger partial charge in [0, 0.05) is 5.39 Å². The average molecular weight is 323 g/mol. The summed E-state index contributed by atoms with van der Waals surface area (Å²) in [4.78, 5) is 25.0. The molecule has 6 nitrogen and oxygen atoms in total. The predicted octanol–water partition coefficient (Wildman–Crippen LogP) is 2.45. The zero-order valence-corrected chi connectivity index (χ0v) is 13.4. The maximum atomic E-state index is 12.9. The lowest BCUT2D eigenvalue weighted by Gasteiger charge is -2.12. The first-order valence-corrected chi connectivity index (χ1v) is 7.58. The third-order valence-corrected chi connectivity index (χ3v) is 3.82. The fraction of sp³-hybridized carbons (Fsp3) is 0.167. The van der Waals surface area contributed by atoms with E-state index in [1.54, 1.807) is 38.2 Å². The summed E-state index contributed by atoms with van der Waals surface area (Å²) in [5.41, 5.74) is 7.44. The molecule has 1 heterocycles. The van der Waals surface area contributed by atoms with Crippen LogP contribution in [0.4, 0.5) is 5.69 Å². The van der Waals surface area contributed by atoms with E-state index in [2.05, 4.69) is 5.10 Å². The molecule has 2 N–H and O–H groups in total. The molecule has 0 aliphatic heterocycles. The van der Waals surface area contributed by atoms with Gasteiger partial charge in [0.25, 0.3) is 5.56 Å². The lowest BCUT2D eigenvalue weighted by molar-refractivity contribution is 0.0527. The topological polar surface area (TPSA) is 87.2 Å². The highest BCUT2D eigenvalue weighted by molar-refractivity contribution is 6.06. The second kappa shape index (κ2) is 6.16. The van der Waals surface area contributed by atoms with Gasteiger partial charge in [-0.25, -0.2) is 4.79 Å². The smallest absolute Gasteiger partial charge is 0.340 e. The van der Waals surface area contributed by atoms with Crippen molar-refractivity contribution in [2.45, 2.75) is 13.8 Å². The first-order chi connectivity index (χ1) is 11.5. The summed E-state index contributed by atoms with van der Waals surface area (Å²) in [6.07, 6.45) is 1.59. The Morgan fingerprint density at radius 1 is 1.29 bits per heavy atom. The van der Waals surface area contributed by atoms with Crippen molar-refractivity contribution in [1.82, 2.24) is 9.78 Å². The van der Waals surface area contributed by atoms with E-state index in [1.807, 2.05) is 18.2 Å². The summed E-state index contributed by atoms with van der Waals surface area (Å²) in [6, 6.07) is 10.7. The average Bonchev–Trinajstić information content (AvgIpc) is 2.58. The number of fused-ring (bicyclic) bond motifs is 1. The van der Waals surface area contributed by atoms with Gasteiger partial charge in [0.05, 0.1) is 35.1 Å². The minimum absolute atomic E-state index is 0.117. The van der Waals surface area contributed by atoms with Gasteiger partial charge in [-0.3, -0.25) is 4.79 Å². The lowest BCUT2D eigenvalue weighted by atomic mass is 10.0. The third kappa shape index (κ3) is 2.52. The van der Waals surface area contributed by atoms with Gasteiger partial charge in [-0.15, -0.1) is 0 Å². The van der Waals surface area contributed by atoms with Crippen molar-refractivity contribution in [2.24, 2.45) is 0 Å². The van der Waals surface area contributed by atoms with Crippen molar-refractivity contribution in [3.05, 3.63) is 64.1 Å². The number of carbonyl (C=O) groups is 1. The molecule has 3 aromatic rings.